The summed E-state index contributed by atoms with van der Waals surface area (Å²) in [6.45, 7) is 7.62. The molecule has 0 aliphatic carbocycles. The molecular weight excluding hydrogens is 270 g/mol. The van der Waals surface area contributed by atoms with Crippen molar-refractivity contribution in [1.29, 1.82) is 0 Å². The van der Waals surface area contributed by atoms with Crippen molar-refractivity contribution in [2.45, 2.75) is 26.7 Å². The van der Waals surface area contributed by atoms with E-state index in [1.165, 1.54) is 4.90 Å². The third-order valence-electron chi connectivity index (χ3n) is 3.22. The number of nitrogens with zero attached hydrogens (tertiary/aromatic N) is 3. The van der Waals surface area contributed by atoms with Crippen molar-refractivity contribution in [3.63, 3.8) is 0 Å². The standard InChI is InChI=1S/C14H21N5O2/c1-4-15-10-7-17-13(9(2)3)18-12(10)14(21)19-6-5-16-11(20)8-19/h7,9,15H,4-6,8H2,1-3H3,(H,16,20). The van der Waals surface area contributed by atoms with Crippen molar-refractivity contribution >= 4 is 17.5 Å². The molecule has 0 radical (unpaired) electrons. The molecule has 1 aliphatic heterocycles. The predicted octanol–water partition coefficient (Wildman–Crippen LogP) is 0.604. The highest BCUT2D eigenvalue weighted by atomic mass is 16.2. The Hall–Kier alpha value is -2.18. The normalized spacial score (nSPS) is 15.0. The summed E-state index contributed by atoms with van der Waals surface area (Å²) in [6.07, 6.45) is 1.64. The Labute approximate surface area is 124 Å². The molecule has 1 aliphatic rings. The molecule has 114 valence electrons. The number of anilines is 1. The molecule has 0 unspecified atom stereocenters. The first kappa shape index (κ1) is 15.2. The van der Waals surface area contributed by atoms with Crippen LogP contribution < -0.4 is 10.6 Å². The highest BCUT2D eigenvalue weighted by Gasteiger charge is 2.26. The lowest BCUT2D eigenvalue weighted by molar-refractivity contribution is -0.123. The fourth-order valence-electron chi connectivity index (χ4n) is 2.12. The van der Waals surface area contributed by atoms with Gasteiger partial charge in [-0.3, -0.25) is 9.59 Å². The monoisotopic (exact) mass is 291 g/mol. The SMILES string of the molecule is CCNc1cnc(C(C)C)nc1C(=O)N1CCNC(=O)C1. The molecule has 0 bridgehead atoms. The van der Waals surface area contributed by atoms with Gasteiger partial charge in [-0.15, -0.1) is 0 Å². The zero-order valence-electron chi connectivity index (χ0n) is 12.6. The molecule has 7 heteroatoms. The zero-order chi connectivity index (χ0) is 15.4. The molecular formula is C14H21N5O2. The summed E-state index contributed by atoms with van der Waals surface area (Å²) in [5.41, 5.74) is 0.947. The molecule has 1 aromatic heterocycles. The topological polar surface area (TPSA) is 87.2 Å². The van der Waals surface area contributed by atoms with Crippen molar-refractivity contribution in [3.8, 4) is 0 Å². The van der Waals surface area contributed by atoms with Gasteiger partial charge in [0, 0.05) is 25.6 Å². The summed E-state index contributed by atoms with van der Waals surface area (Å²) in [5.74, 6) is 0.390. The lowest BCUT2D eigenvalue weighted by atomic mass is 10.2. The minimum absolute atomic E-state index is 0.0748. The maximum Gasteiger partial charge on any atom is 0.275 e. The van der Waals surface area contributed by atoms with Crippen LogP contribution in [0, 0.1) is 0 Å². The molecule has 2 heterocycles. The molecule has 0 saturated carbocycles. The molecule has 2 rings (SSSR count). The van der Waals surface area contributed by atoms with E-state index in [2.05, 4.69) is 20.6 Å². The molecule has 2 N–H and O–H groups in total. The second-order valence-electron chi connectivity index (χ2n) is 5.25. The fraction of sp³-hybridized carbons (Fsp3) is 0.571. The van der Waals surface area contributed by atoms with Crippen molar-refractivity contribution in [3.05, 3.63) is 17.7 Å². The van der Waals surface area contributed by atoms with Gasteiger partial charge in [0.05, 0.1) is 18.4 Å². The fourth-order valence-corrected chi connectivity index (χ4v) is 2.12. The van der Waals surface area contributed by atoms with E-state index in [-0.39, 0.29) is 24.3 Å². The van der Waals surface area contributed by atoms with E-state index in [0.717, 1.165) is 0 Å². The van der Waals surface area contributed by atoms with Crippen molar-refractivity contribution in [1.82, 2.24) is 20.2 Å². The highest BCUT2D eigenvalue weighted by Crippen LogP contribution is 2.18. The van der Waals surface area contributed by atoms with Gasteiger partial charge in [-0.25, -0.2) is 9.97 Å². The number of amides is 2. The van der Waals surface area contributed by atoms with Crippen LogP contribution in [0.2, 0.25) is 0 Å². The highest BCUT2D eigenvalue weighted by molar-refractivity contribution is 5.99. The second-order valence-corrected chi connectivity index (χ2v) is 5.25. The number of piperazine rings is 1. The van der Waals surface area contributed by atoms with Crippen LogP contribution in [0.5, 0.6) is 0 Å². The number of carbonyl (C=O) groups excluding carboxylic acids is 2. The van der Waals surface area contributed by atoms with Gasteiger partial charge in [-0.2, -0.15) is 0 Å². The van der Waals surface area contributed by atoms with E-state index in [0.29, 0.717) is 36.8 Å². The van der Waals surface area contributed by atoms with Crippen LogP contribution in [0.4, 0.5) is 5.69 Å². The predicted molar refractivity (Wildman–Crippen MR) is 79.2 cm³/mol. The minimum Gasteiger partial charge on any atom is -0.382 e. The Morgan fingerprint density at radius 2 is 2.29 bits per heavy atom. The van der Waals surface area contributed by atoms with E-state index in [1.807, 2.05) is 20.8 Å². The molecule has 21 heavy (non-hydrogen) atoms. The van der Waals surface area contributed by atoms with Gasteiger partial charge in [0.2, 0.25) is 5.91 Å². The Morgan fingerprint density at radius 1 is 1.52 bits per heavy atom. The Balaban J connectivity index is 2.32. The summed E-state index contributed by atoms with van der Waals surface area (Å²) in [7, 11) is 0. The second kappa shape index (κ2) is 6.51. The largest absolute Gasteiger partial charge is 0.382 e. The minimum atomic E-state index is -0.231. The maximum absolute atomic E-state index is 12.6. The molecule has 0 aromatic carbocycles. The van der Waals surface area contributed by atoms with Crippen LogP contribution in [0.25, 0.3) is 0 Å². The van der Waals surface area contributed by atoms with Crippen LogP contribution in [-0.2, 0) is 4.79 Å². The van der Waals surface area contributed by atoms with Gasteiger partial charge < -0.3 is 15.5 Å². The van der Waals surface area contributed by atoms with E-state index < -0.39 is 0 Å². The summed E-state index contributed by atoms with van der Waals surface area (Å²) >= 11 is 0. The lowest BCUT2D eigenvalue weighted by Crippen LogP contribution is -2.50. The number of hydrogen-bond acceptors (Lipinski definition) is 5. The number of aromatic nitrogens is 2. The summed E-state index contributed by atoms with van der Waals surface area (Å²) in [4.78, 5) is 34.3. The van der Waals surface area contributed by atoms with E-state index >= 15 is 0 Å². The lowest BCUT2D eigenvalue weighted by Gasteiger charge is -2.27. The third kappa shape index (κ3) is 3.48. The van der Waals surface area contributed by atoms with Gasteiger partial charge in [0.15, 0.2) is 5.69 Å². The number of rotatable bonds is 4. The average Bonchev–Trinajstić information content (AvgIpc) is 2.47. The molecule has 1 aromatic rings. The summed E-state index contributed by atoms with van der Waals surface area (Å²) < 4.78 is 0. The van der Waals surface area contributed by atoms with E-state index in [4.69, 9.17) is 0 Å². The van der Waals surface area contributed by atoms with Crippen molar-refractivity contribution in [2.75, 3.05) is 31.5 Å². The first-order valence-corrected chi connectivity index (χ1v) is 7.19. The Kier molecular flexibility index (Phi) is 4.72. The quantitative estimate of drug-likeness (QED) is 0.848. The number of carbonyl (C=O) groups is 2. The van der Waals surface area contributed by atoms with E-state index in [1.54, 1.807) is 6.20 Å². The van der Waals surface area contributed by atoms with Gasteiger partial charge in [0.1, 0.15) is 5.82 Å². The first-order valence-electron chi connectivity index (χ1n) is 7.19. The van der Waals surface area contributed by atoms with Crippen molar-refractivity contribution in [2.24, 2.45) is 0 Å². The zero-order valence-corrected chi connectivity index (χ0v) is 12.6. The third-order valence-corrected chi connectivity index (χ3v) is 3.22. The first-order chi connectivity index (χ1) is 10.0. The van der Waals surface area contributed by atoms with Crippen LogP contribution in [0.3, 0.4) is 0 Å². The van der Waals surface area contributed by atoms with Gasteiger partial charge in [-0.05, 0) is 6.92 Å². The van der Waals surface area contributed by atoms with Crippen LogP contribution >= 0.6 is 0 Å². The van der Waals surface area contributed by atoms with Gasteiger partial charge >= 0.3 is 0 Å². The Bertz CT molecular complexity index is 544. The Morgan fingerprint density at radius 3 is 2.90 bits per heavy atom. The molecule has 7 nitrogen and oxygen atoms in total. The molecule has 1 saturated heterocycles. The molecule has 1 fully saturated rings. The average molecular weight is 291 g/mol. The van der Waals surface area contributed by atoms with Crippen LogP contribution in [0.15, 0.2) is 6.20 Å². The summed E-state index contributed by atoms with van der Waals surface area (Å²) in [6, 6.07) is 0. The maximum atomic E-state index is 12.6. The van der Waals surface area contributed by atoms with Gasteiger partial charge in [-0.1, -0.05) is 13.8 Å². The summed E-state index contributed by atoms with van der Waals surface area (Å²) in [5, 5.41) is 5.81. The van der Waals surface area contributed by atoms with Crippen LogP contribution in [0.1, 0.15) is 43.0 Å². The van der Waals surface area contributed by atoms with Crippen molar-refractivity contribution < 1.29 is 9.59 Å². The van der Waals surface area contributed by atoms with Gasteiger partial charge in [0.25, 0.3) is 5.91 Å². The smallest absolute Gasteiger partial charge is 0.275 e. The number of nitrogens with one attached hydrogen (secondary N) is 2. The number of hydrogen-bond donors (Lipinski definition) is 2. The van der Waals surface area contributed by atoms with Crippen LogP contribution in [-0.4, -0.2) is 52.9 Å². The molecule has 0 atom stereocenters. The molecule has 0 spiro atoms. The molecule has 2 amide bonds. The van der Waals surface area contributed by atoms with E-state index in [9.17, 15) is 9.59 Å².